The minimum atomic E-state index is -2.30. The summed E-state index contributed by atoms with van der Waals surface area (Å²) in [5.41, 5.74) is 0. The first-order valence-electron chi connectivity index (χ1n) is 7.09. The van der Waals surface area contributed by atoms with E-state index >= 15 is 0 Å². The monoisotopic (exact) mass is 290 g/mol. The summed E-state index contributed by atoms with van der Waals surface area (Å²) in [6, 6.07) is 21.3. The van der Waals surface area contributed by atoms with Crippen LogP contribution in [0.15, 0.2) is 60.7 Å². The Morgan fingerprint density at radius 3 is 1.48 bits per heavy atom. The zero-order valence-electron chi connectivity index (χ0n) is 13.8. The molecule has 1 nitrogen and oxygen atoms in total. The van der Waals surface area contributed by atoms with Gasteiger partial charge in [0.25, 0.3) is 0 Å². The largest absolute Gasteiger partial charge is 1.00 e. The van der Waals surface area contributed by atoms with Gasteiger partial charge in [0.15, 0.2) is 0 Å². The quantitative estimate of drug-likeness (QED) is 0.596. The fourth-order valence-corrected chi connectivity index (χ4v) is 7.24. The fourth-order valence-electron chi connectivity index (χ4n) is 2.87. The van der Waals surface area contributed by atoms with Gasteiger partial charge in [-0.25, -0.2) is 6.61 Å². The van der Waals surface area contributed by atoms with Gasteiger partial charge in [-0.05, 0) is 15.4 Å². The third kappa shape index (κ3) is 3.52. The third-order valence-corrected chi connectivity index (χ3v) is 8.71. The van der Waals surface area contributed by atoms with Crippen molar-refractivity contribution in [3.05, 3.63) is 67.3 Å². The molecular weight excluding hydrogens is 267 g/mol. The standard InChI is InChI=1S/C18H23OSi.Li/c1-5-19-20(18(2,3)4,16-12-8-6-9-13-16)17-14-10-7-11-15-17;/h5-15H,1-4H3;/q-1;+1. The molecule has 0 aliphatic rings. The second-order valence-corrected chi connectivity index (χ2v) is 10.3. The second kappa shape index (κ2) is 7.47. The van der Waals surface area contributed by atoms with Crippen LogP contribution in [0.4, 0.5) is 0 Å². The van der Waals surface area contributed by atoms with E-state index in [4.69, 9.17) is 4.43 Å². The summed E-state index contributed by atoms with van der Waals surface area (Å²) >= 11 is 0. The Morgan fingerprint density at radius 1 is 0.810 bits per heavy atom. The van der Waals surface area contributed by atoms with Crippen molar-refractivity contribution in [1.82, 2.24) is 0 Å². The predicted octanol–water partition coefficient (Wildman–Crippen LogP) is 0.749. The molecule has 0 aromatic heterocycles. The number of hydrogen-bond acceptors (Lipinski definition) is 1. The van der Waals surface area contributed by atoms with E-state index in [0.717, 1.165) is 0 Å². The van der Waals surface area contributed by atoms with E-state index < -0.39 is 8.32 Å². The Morgan fingerprint density at radius 2 is 1.19 bits per heavy atom. The van der Waals surface area contributed by atoms with Gasteiger partial charge in [-0.1, -0.05) is 81.4 Å². The summed E-state index contributed by atoms with van der Waals surface area (Å²) in [6.07, 6.45) is 0. The molecule has 0 heterocycles. The average Bonchev–Trinajstić information content (AvgIpc) is 2.45. The molecule has 0 radical (unpaired) electrons. The van der Waals surface area contributed by atoms with E-state index in [1.165, 1.54) is 10.4 Å². The number of hydrogen-bond donors (Lipinski definition) is 0. The van der Waals surface area contributed by atoms with Crippen molar-refractivity contribution in [3.63, 3.8) is 0 Å². The van der Waals surface area contributed by atoms with Crippen molar-refractivity contribution in [2.24, 2.45) is 0 Å². The molecule has 3 heteroatoms. The van der Waals surface area contributed by atoms with Crippen LogP contribution in [0, 0.1) is 6.61 Å². The molecule has 21 heavy (non-hydrogen) atoms. The topological polar surface area (TPSA) is 9.23 Å². The minimum absolute atomic E-state index is 0. The molecule has 106 valence electrons. The molecule has 0 amide bonds. The van der Waals surface area contributed by atoms with Gasteiger partial charge in [-0.15, -0.1) is 0 Å². The van der Waals surface area contributed by atoms with Gasteiger partial charge < -0.3 is 4.43 Å². The summed E-state index contributed by atoms with van der Waals surface area (Å²) in [5, 5.41) is 2.69. The normalized spacial score (nSPS) is 11.8. The van der Waals surface area contributed by atoms with Crippen LogP contribution in [-0.4, -0.2) is 8.32 Å². The van der Waals surface area contributed by atoms with Crippen LogP contribution in [0.3, 0.4) is 0 Å². The van der Waals surface area contributed by atoms with Gasteiger partial charge >= 0.3 is 18.9 Å². The molecular formula is C18H23LiOSi. The first-order valence-corrected chi connectivity index (χ1v) is 9.00. The number of rotatable bonds is 4. The van der Waals surface area contributed by atoms with Crippen molar-refractivity contribution in [1.29, 1.82) is 0 Å². The maximum atomic E-state index is 6.38. The Balaban J connectivity index is 0.00000220. The minimum Gasteiger partial charge on any atom is -0.586 e. The average molecular weight is 290 g/mol. The molecule has 0 aliphatic heterocycles. The second-order valence-electron chi connectivity index (χ2n) is 6.02. The van der Waals surface area contributed by atoms with E-state index in [2.05, 4.69) is 81.4 Å². The molecule has 0 aliphatic carbocycles. The maximum absolute atomic E-state index is 6.38. The van der Waals surface area contributed by atoms with Crippen molar-refractivity contribution < 1.29 is 23.3 Å². The van der Waals surface area contributed by atoms with Crippen molar-refractivity contribution in [2.75, 3.05) is 0 Å². The van der Waals surface area contributed by atoms with Crippen LogP contribution in [0.2, 0.25) is 5.04 Å². The van der Waals surface area contributed by atoms with Gasteiger partial charge in [-0.2, -0.15) is 6.92 Å². The third-order valence-electron chi connectivity index (χ3n) is 3.71. The first-order chi connectivity index (χ1) is 9.52. The Bertz CT molecular complexity index is 495. The van der Waals surface area contributed by atoms with Crippen LogP contribution in [-0.2, 0) is 4.43 Å². The van der Waals surface area contributed by atoms with Gasteiger partial charge in [-0.3, -0.25) is 0 Å². The Hall–Kier alpha value is -0.786. The van der Waals surface area contributed by atoms with Crippen molar-refractivity contribution in [2.45, 2.75) is 32.7 Å². The van der Waals surface area contributed by atoms with Crippen LogP contribution in [0.5, 0.6) is 0 Å². The molecule has 0 spiro atoms. The van der Waals surface area contributed by atoms with Crippen LogP contribution in [0.25, 0.3) is 0 Å². The summed E-state index contributed by atoms with van der Waals surface area (Å²) in [5.74, 6) is 0. The summed E-state index contributed by atoms with van der Waals surface area (Å²) in [6.45, 7) is 10.7. The van der Waals surface area contributed by atoms with E-state index in [0.29, 0.717) is 0 Å². The number of benzene rings is 2. The van der Waals surface area contributed by atoms with Crippen LogP contribution in [0.1, 0.15) is 27.7 Å². The predicted molar refractivity (Wildman–Crippen MR) is 88.7 cm³/mol. The van der Waals surface area contributed by atoms with Crippen LogP contribution >= 0.6 is 0 Å². The maximum Gasteiger partial charge on any atom is 1.00 e. The molecule has 0 N–H and O–H groups in total. The molecule has 0 saturated carbocycles. The summed E-state index contributed by atoms with van der Waals surface area (Å²) in [4.78, 5) is 0. The first kappa shape index (κ1) is 18.3. The Labute approximate surface area is 142 Å². The van der Waals surface area contributed by atoms with Crippen molar-refractivity contribution >= 4 is 18.7 Å². The fraction of sp³-hybridized carbons (Fsp3) is 0.278. The van der Waals surface area contributed by atoms with Crippen LogP contribution < -0.4 is 29.2 Å². The van der Waals surface area contributed by atoms with E-state index in [-0.39, 0.29) is 23.9 Å². The molecule has 0 fully saturated rings. The zero-order valence-corrected chi connectivity index (χ0v) is 14.8. The molecule has 0 bridgehead atoms. The summed E-state index contributed by atoms with van der Waals surface area (Å²) in [7, 11) is -2.30. The molecule has 2 aromatic carbocycles. The van der Waals surface area contributed by atoms with Crippen molar-refractivity contribution in [3.8, 4) is 0 Å². The molecule has 2 rings (SSSR count). The zero-order chi connectivity index (χ0) is 14.6. The molecule has 0 atom stereocenters. The smallest absolute Gasteiger partial charge is 0.586 e. The van der Waals surface area contributed by atoms with Gasteiger partial charge in [0.05, 0.1) is 0 Å². The SMILES string of the molecule is C[CH-]O[Si](c1ccccc1)(c1ccccc1)C(C)(C)C.[Li+]. The van der Waals surface area contributed by atoms with Gasteiger partial charge in [0.2, 0.25) is 8.32 Å². The van der Waals surface area contributed by atoms with E-state index in [1.807, 2.05) is 13.5 Å². The molecule has 2 aromatic rings. The Kier molecular flexibility index (Phi) is 6.50. The van der Waals surface area contributed by atoms with E-state index in [9.17, 15) is 0 Å². The van der Waals surface area contributed by atoms with Gasteiger partial charge in [0, 0.05) is 0 Å². The van der Waals surface area contributed by atoms with Gasteiger partial charge in [0.1, 0.15) is 0 Å². The van der Waals surface area contributed by atoms with E-state index in [1.54, 1.807) is 0 Å². The summed E-state index contributed by atoms with van der Waals surface area (Å²) < 4.78 is 6.38. The molecule has 0 unspecified atom stereocenters. The molecule has 0 saturated heterocycles.